The predicted molar refractivity (Wildman–Crippen MR) is 53.9 cm³/mol. The molecular weight excluding hydrogens is 197 g/mol. The van der Waals surface area contributed by atoms with Gasteiger partial charge in [-0.25, -0.2) is 4.39 Å². The molecule has 5 heteroatoms. The molecule has 0 saturated heterocycles. The van der Waals surface area contributed by atoms with Crippen LogP contribution in [-0.2, 0) is 4.79 Å². The minimum Gasteiger partial charge on any atom is -0.324 e. The van der Waals surface area contributed by atoms with Gasteiger partial charge < -0.3 is 4.90 Å². The van der Waals surface area contributed by atoms with E-state index >= 15 is 0 Å². The quantitative estimate of drug-likeness (QED) is 0.752. The molecule has 0 spiro atoms. The van der Waals surface area contributed by atoms with Crippen LogP contribution in [0.4, 0.5) is 10.1 Å². The average molecular weight is 207 g/mol. The van der Waals surface area contributed by atoms with E-state index in [1.807, 2.05) is 0 Å². The Labute approximate surface area is 86.6 Å². The van der Waals surface area contributed by atoms with E-state index in [2.05, 4.69) is 5.43 Å². The van der Waals surface area contributed by atoms with Crippen LogP contribution in [0, 0.1) is 5.82 Å². The van der Waals surface area contributed by atoms with Gasteiger partial charge in [0.1, 0.15) is 12.5 Å². The van der Waals surface area contributed by atoms with Gasteiger partial charge >= 0.3 is 0 Å². The molecule has 78 valence electrons. The number of carbonyl (C=O) groups is 1. The zero-order valence-electron chi connectivity index (χ0n) is 7.93. The zero-order chi connectivity index (χ0) is 10.7. The molecule has 0 fully saturated rings. The van der Waals surface area contributed by atoms with Crippen LogP contribution in [0.25, 0.3) is 0 Å². The molecule has 0 saturated carbocycles. The highest BCUT2D eigenvalue weighted by Gasteiger charge is 2.15. The zero-order valence-corrected chi connectivity index (χ0v) is 7.93. The number of hydrazine groups is 1. The molecule has 1 aromatic carbocycles. The molecule has 0 bridgehead atoms. The molecule has 2 rings (SSSR count). The van der Waals surface area contributed by atoms with Gasteiger partial charge in [-0.1, -0.05) is 12.1 Å². The second-order valence-corrected chi connectivity index (χ2v) is 3.08. The maximum absolute atomic E-state index is 13.4. The Morgan fingerprint density at radius 3 is 2.87 bits per heavy atom. The van der Waals surface area contributed by atoms with Crippen LogP contribution in [0.3, 0.4) is 0 Å². The summed E-state index contributed by atoms with van der Waals surface area (Å²) in [5.41, 5.74) is 2.96. The van der Waals surface area contributed by atoms with Crippen LogP contribution in [-0.4, -0.2) is 18.1 Å². The van der Waals surface area contributed by atoms with Crippen LogP contribution in [0.2, 0.25) is 0 Å². The lowest BCUT2D eigenvalue weighted by Crippen LogP contribution is -2.35. The SMILES string of the molecule is O=CNN1C=CN(c2ccccc2F)C1. The predicted octanol–water partition coefficient (Wildman–Crippen LogP) is 1.04. The van der Waals surface area contributed by atoms with E-state index in [1.165, 1.54) is 6.07 Å². The number of benzene rings is 1. The number of carbonyl (C=O) groups excluding carboxylic acids is 1. The number of rotatable bonds is 3. The Kier molecular flexibility index (Phi) is 2.53. The summed E-state index contributed by atoms with van der Waals surface area (Å²) < 4.78 is 13.4. The van der Waals surface area contributed by atoms with Gasteiger partial charge in [-0.2, -0.15) is 0 Å². The van der Waals surface area contributed by atoms with Gasteiger partial charge in [0.25, 0.3) is 0 Å². The first-order valence-electron chi connectivity index (χ1n) is 4.47. The first-order valence-corrected chi connectivity index (χ1v) is 4.47. The number of hydrogen-bond donors (Lipinski definition) is 1. The maximum atomic E-state index is 13.4. The van der Waals surface area contributed by atoms with E-state index < -0.39 is 0 Å². The lowest BCUT2D eigenvalue weighted by molar-refractivity contribution is -0.112. The van der Waals surface area contributed by atoms with E-state index in [1.54, 1.807) is 40.5 Å². The number of para-hydroxylation sites is 1. The second kappa shape index (κ2) is 4.00. The average Bonchev–Trinajstić information content (AvgIpc) is 2.68. The molecule has 15 heavy (non-hydrogen) atoms. The van der Waals surface area contributed by atoms with E-state index in [0.29, 0.717) is 18.8 Å². The van der Waals surface area contributed by atoms with Crippen molar-refractivity contribution >= 4 is 12.1 Å². The normalized spacial score (nSPS) is 14.5. The molecule has 1 heterocycles. The van der Waals surface area contributed by atoms with Crippen molar-refractivity contribution in [2.75, 3.05) is 11.6 Å². The minimum atomic E-state index is -0.282. The molecule has 1 aromatic rings. The Balaban J connectivity index is 2.12. The molecule has 0 atom stereocenters. The molecule has 1 aliphatic heterocycles. The minimum absolute atomic E-state index is 0.282. The van der Waals surface area contributed by atoms with E-state index in [4.69, 9.17) is 0 Å². The Morgan fingerprint density at radius 1 is 1.33 bits per heavy atom. The maximum Gasteiger partial charge on any atom is 0.225 e. The lowest BCUT2D eigenvalue weighted by atomic mass is 10.3. The molecule has 1 aliphatic rings. The molecular formula is C10H10FN3O. The molecule has 0 radical (unpaired) electrons. The van der Waals surface area contributed by atoms with Gasteiger partial charge in [-0.3, -0.25) is 15.2 Å². The third kappa shape index (κ3) is 1.90. The molecule has 0 aliphatic carbocycles. The summed E-state index contributed by atoms with van der Waals surface area (Å²) in [5.74, 6) is -0.282. The van der Waals surface area contributed by atoms with Gasteiger partial charge in [0.15, 0.2) is 0 Å². The molecule has 1 N–H and O–H groups in total. The van der Waals surface area contributed by atoms with Gasteiger partial charge in [-0.05, 0) is 12.1 Å². The number of hydrogen-bond acceptors (Lipinski definition) is 3. The fourth-order valence-electron chi connectivity index (χ4n) is 1.41. The Hall–Kier alpha value is -2.04. The van der Waals surface area contributed by atoms with Gasteiger partial charge in [0.2, 0.25) is 6.41 Å². The van der Waals surface area contributed by atoms with Gasteiger partial charge in [-0.15, -0.1) is 0 Å². The van der Waals surface area contributed by atoms with Crippen LogP contribution in [0.5, 0.6) is 0 Å². The summed E-state index contributed by atoms with van der Waals surface area (Å²) in [7, 11) is 0. The highest BCUT2D eigenvalue weighted by atomic mass is 19.1. The van der Waals surface area contributed by atoms with E-state index in [-0.39, 0.29) is 5.82 Å². The molecule has 4 nitrogen and oxygen atoms in total. The highest BCUT2D eigenvalue weighted by Crippen LogP contribution is 2.21. The lowest BCUT2D eigenvalue weighted by Gasteiger charge is -2.20. The summed E-state index contributed by atoms with van der Waals surface area (Å²) >= 11 is 0. The largest absolute Gasteiger partial charge is 0.324 e. The number of nitrogens with zero attached hydrogens (tertiary/aromatic N) is 2. The number of halogens is 1. The molecule has 1 amide bonds. The Bertz CT molecular complexity index is 394. The summed E-state index contributed by atoms with van der Waals surface area (Å²) in [6, 6.07) is 6.49. The summed E-state index contributed by atoms with van der Waals surface area (Å²) in [5, 5.41) is 1.56. The highest BCUT2D eigenvalue weighted by molar-refractivity contribution is 5.52. The second-order valence-electron chi connectivity index (χ2n) is 3.08. The summed E-state index contributed by atoms with van der Waals surface area (Å²) in [6.45, 7) is 0.402. The van der Waals surface area contributed by atoms with Gasteiger partial charge in [0, 0.05) is 12.4 Å². The van der Waals surface area contributed by atoms with Crippen molar-refractivity contribution < 1.29 is 9.18 Å². The van der Waals surface area contributed by atoms with Crippen molar-refractivity contribution in [2.24, 2.45) is 0 Å². The molecule has 0 unspecified atom stereocenters. The number of amides is 1. The smallest absolute Gasteiger partial charge is 0.225 e. The van der Waals surface area contributed by atoms with Crippen LogP contribution < -0.4 is 10.3 Å². The number of anilines is 1. The van der Waals surface area contributed by atoms with Crippen LogP contribution in [0.1, 0.15) is 0 Å². The monoisotopic (exact) mass is 207 g/mol. The van der Waals surface area contributed by atoms with Crippen molar-refractivity contribution in [3.63, 3.8) is 0 Å². The van der Waals surface area contributed by atoms with Crippen molar-refractivity contribution in [3.8, 4) is 0 Å². The standard InChI is InChI=1S/C10H10FN3O/c11-9-3-1-2-4-10(9)13-5-6-14(8-13)12-7-15/h1-7H,8H2,(H,12,15). The topological polar surface area (TPSA) is 35.6 Å². The summed E-state index contributed by atoms with van der Waals surface area (Å²) in [6.07, 6.45) is 3.95. The van der Waals surface area contributed by atoms with Crippen LogP contribution in [0.15, 0.2) is 36.7 Å². The van der Waals surface area contributed by atoms with Crippen molar-refractivity contribution in [1.29, 1.82) is 0 Å². The third-order valence-electron chi connectivity index (χ3n) is 2.11. The van der Waals surface area contributed by atoms with Crippen molar-refractivity contribution in [1.82, 2.24) is 10.4 Å². The first kappa shape index (κ1) is 9.51. The Morgan fingerprint density at radius 2 is 2.13 bits per heavy atom. The molecule has 0 aromatic heterocycles. The van der Waals surface area contributed by atoms with Crippen LogP contribution >= 0.6 is 0 Å². The number of nitrogens with one attached hydrogen (secondary N) is 1. The fraction of sp³-hybridized carbons (Fsp3) is 0.100. The fourth-order valence-corrected chi connectivity index (χ4v) is 1.41. The summed E-state index contributed by atoms with van der Waals surface area (Å²) in [4.78, 5) is 11.9. The third-order valence-corrected chi connectivity index (χ3v) is 2.11. The van der Waals surface area contributed by atoms with E-state index in [0.717, 1.165) is 0 Å². The first-order chi connectivity index (χ1) is 7.31. The van der Waals surface area contributed by atoms with Crippen molar-refractivity contribution in [2.45, 2.75) is 0 Å². The van der Waals surface area contributed by atoms with Gasteiger partial charge in [0.05, 0.1) is 5.69 Å². The van der Waals surface area contributed by atoms with Crippen molar-refractivity contribution in [3.05, 3.63) is 42.5 Å². The van der Waals surface area contributed by atoms with E-state index in [9.17, 15) is 9.18 Å².